The van der Waals surface area contributed by atoms with Gasteiger partial charge in [-0.05, 0) is 36.6 Å². The Morgan fingerprint density at radius 2 is 1.48 bits per heavy atom. The highest BCUT2D eigenvalue weighted by Gasteiger charge is 2.25. The Bertz CT molecular complexity index is 1590. The van der Waals surface area contributed by atoms with E-state index < -0.39 is 0 Å². The zero-order valence-electron chi connectivity index (χ0n) is 22.7. The minimum atomic E-state index is -0.0311. The lowest BCUT2D eigenvalue weighted by molar-refractivity contribution is 0.201. The van der Waals surface area contributed by atoms with Gasteiger partial charge in [-0.25, -0.2) is 19.4 Å². The van der Waals surface area contributed by atoms with Gasteiger partial charge in [-0.1, -0.05) is 78.9 Å². The molecule has 1 aliphatic rings. The number of aryl methyl sites for hydroxylation is 1. The van der Waals surface area contributed by atoms with Crippen LogP contribution in [0.5, 0.6) is 0 Å². The molecule has 1 N–H and O–H groups in total. The third kappa shape index (κ3) is 5.52. The molecule has 0 spiro atoms. The molecule has 0 bridgehead atoms. The summed E-state index contributed by atoms with van der Waals surface area (Å²) in [6.07, 6.45) is 1.48. The third-order valence-electron chi connectivity index (χ3n) is 7.30. The van der Waals surface area contributed by atoms with E-state index >= 15 is 0 Å². The number of nitrogens with one attached hydrogen (secondary N) is 1. The van der Waals surface area contributed by atoms with Crippen molar-refractivity contribution in [3.05, 3.63) is 114 Å². The minimum Gasteiger partial charge on any atom is -0.354 e. The number of hydrogen-bond donors (Lipinski definition) is 1. The van der Waals surface area contributed by atoms with Crippen LogP contribution in [0.1, 0.15) is 29.1 Å². The van der Waals surface area contributed by atoms with Crippen molar-refractivity contribution in [2.24, 2.45) is 0 Å². The average molecular weight is 532 g/mol. The highest BCUT2D eigenvalue weighted by Crippen LogP contribution is 2.30. The lowest BCUT2D eigenvalue weighted by atomic mass is 10.1. The topological polar surface area (TPSA) is 79.2 Å². The summed E-state index contributed by atoms with van der Waals surface area (Å²) in [6.45, 7) is 5.34. The molecule has 8 nitrogen and oxygen atoms in total. The van der Waals surface area contributed by atoms with E-state index in [-0.39, 0.29) is 6.03 Å². The van der Waals surface area contributed by atoms with Gasteiger partial charge in [0.25, 0.3) is 0 Å². The first-order valence-corrected chi connectivity index (χ1v) is 13.8. The van der Waals surface area contributed by atoms with Crippen LogP contribution < -0.4 is 10.2 Å². The monoisotopic (exact) mass is 531 g/mol. The molecule has 0 aliphatic carbocycles. The SMILES string of the molecule is Cc1nn(-c2ccccc2)c2nc(Cc3ccccc3)nc(N3CCCN(C(=O)NCc4ccccc4)CC3)c12. The van der Waals surface area contributed by atoms with Crippen LogP contribution in [0, 0.1) is 6.92 Å². The number of carbonyl (C=O) groups is 1. The van der Waals surface area contributed by atoms with Crippen LogP contribution in [0.4, 0.5) is 10.6 Å². The molecule has 0 radical (unpaired) electrons. The number of nitrogens with zero attached hydrogens (tertiary/aromatic N) is 6. The maximum Gasteiger partial charge on any atom is 0.317 e. The van der Waals surface area contributed by atoms with Crippen molar-refractivity contribution < 1.29 is 4.79 Å². The van der Waals surface area contributed by atoms with Gasteiger partial charge in [-0.3, -0.25) is 0 Å². The van der Waals surface area contributed by atoms with Crippen LogP contribution >= 0.6 is 0 Å². The first-order chi connectivity index (χ1) is 19.7. The summed E-state index contributed by atoms with van der Waals surface area (Å²) in [5.41, 5.74) is 4.91. The van der Waals surface area contributed by atoms with Crippen molar-refractivity contribution in [2.45, 2.75) is 26.3 Å². The summed E-state index contributed by atoms with van der Waals surface area (Å²) < 4.78 is 1.92. The van der Waals surface area contributed by atoms with E-state index in [1.807, 2.05) is 95.4 Å². The Labute approximate surface area is 234 Å². The van der Waals surface area contributed by atoms with Crippen molar-refractivity contribution in [3.8, 4) is 5.69 Å². The molecule has 0 unspecified atom stereocenters. The molecule has 8 heteroatoms. The van der Waals surface area contributed by atoms with Gasteiger partial charge >= 0.3 is 6.03 Å². The van der Waals surface area contributed by atoms with Crippen LogP contribution in [0.15, 0.2) is 91.0 Å². The molecule has 2 aromatic heterocycles. The number of benzene rings is 3. The van der Waals surface area contributed by atoms with Gasteiger partial charge in [-0.2, -0.15) is 5.10 Å². The Morgan fingerprint density at radius 3 is 2.20 bits per heavy atom. The lowest BCUT2D eigenvalue weighted by Crippen LogP contribution is -2.41. The predicted molar refractivity (Wildman–Crippen MR) is 158 cm³/mol. The summed E-state index contributed by atoms with van der Waals surface area (Å²) in [5.74, 6) is 1.65. The molecule has 5 aromatic rings. The Hall–Kier alpha value is -4.72. The van der Waals surface area contributed by atoms with Crippen LogP contribution in [0.3, 0.4) is 0 Å². The van der Waals surface area contributed by atoms with Crippen LogP contribution in [-0.2, 0) is 13.0 Å². The van der Waals surface area contributed by atoms with Crippen molar-refractivity contribution in [1.82, 2.24) is 30.0 Å². The maximum absolute atomic E-state index is 13.0. The molecule has 0 saturated carbocycles. The number of amides is 2. The van der Waals surface area contributed by atoms with Gasteiger partial charge in [0.15, 0.2) is 5.65 Å². The molecule has 202 valence electrons. The number of aromatic nitrogens is 4. The third-order valence-corrected chi connectivity index (χ3v) is 7.30. The van der Waals surface area contributed by atoms with E-state index in [2.05, 4.69) is 22.3 Å². The quantitative estimate of drug-likeness (QED) is 0.328. The average Bonchev–Trinajstić information content (AvgIpc) is 3.16. The van der Waals surface area contributed by atoms with Crippen LogP contribution in [0.2, 0.25) is 0 Å². The number of carbonyl (C=O) groups excluding carboxylic acids is 1. The highest BCUT2D eigenvalue weighted by molar-refractivity contribution is 5.91. The summed E-state index contributed by atoms with van der Waals surface area (Å²) in [7, 11) is 0. The normalized spacial score (nSPS) is 13.8. The zero-order chi connectivity index (χ0) is 27.3. The highest BCUT2D eigenvalue weighted by atomic mass is 16.2. The molecular formula is C32H33N7O. The predicted octanol–water partition coefficient (Wildman–Crippen LogP) is 5.14. The van der Waals surface area contributed by atoms with E-state index in [1.165, 1.54) is 0 Å². The minimum absolute atomic E-state index is 0.0311. The van der Waals surface area contributed by atoms with E-state index in [9.17, 15) is 4.79 Å². The fraction of sp³-hybridized carbons (Fsp3) is 0.250. The number of anilines is 1. The second-order valence-electron chi connectivity index (χ2n) is 10.1. The maximum atomic E-state index is 13.0. The molecule has 3 aromatic carbocycles. The molecule has 6 rings (SSSR count). The second-order valence-corrected chi connectivity index (χ2v) is 10.1. The number of hydrogen-bond acceptors (Lipinski definition) is 5. The summed E-state index contributed by atoms with van der Waals surface area (Å²) in [6, 6.07) is 30.4. The van der Waals surface area contributed by atoms with Crippen molar-refractivity contribution in [1.29, 1.82) is 0 Å². The molecule has 1 saturated heterocycles. The zero-order valence-corrected chi connectivity index (χ0v) is 22.7. The smallest absolute Gasteiger partial charge is 0.317 e. The summed E-state index contributed by atoms with van der Waals surface area (Å²) in [4.78, 5) is 27.4. The molecule has 1 fully saturated rings. The van der Waals surface area contributed by atoms with E-state index in [0.29, 0.717) is 32.6 Å². The van der Waals surface area contributed by atoms with E-state index in [4.69, 9.17) is 15.1 Å². The van der Waals surface area contributed by atoms with Gasteiger partial charge < -0.3 is 15.1 Å². The Balaban J connectivity index is 1.30. The van der Waals surface area contributed by atoms with Gasteiger partial charge in [0.2, 0.25) is 0 Å². The molecule has 2 amide bonds. The van der Waals surface area contributed by atoms with Crippen molar-refractivity contribution in [2.75, 3.05) is 31.1 Å². The lowest BCUT2D eigenvalue weighted by Gasteiger charge is -2.24. The Morgan fingerprint density at radius 1 is 0.800 bits per heavy atom. The fourth-order valence-corrected chi connectivity index (χ4v) is 5.26. The fourth-order valence-electron chi connectivity index (χ4n) is 5.26. The molecular weight excluding hydrogens is 498 g/mol. The van der Waals surface area contributed by atoms with Gasteiger partial charge in [0.1, 0.15) is 11.6 Å². The first kappa shape index (κ1) is 25.6. The molecule has 40 heavy (non-hydrogen) atoms. The molecule has 1 aliphatic heterocycles. The van der Waals surface area contributed by atoms with Crippen LogP contribution in [-0.4, -0.2) is 56.9 Å². The number of urea groups is 1. The molecule has 3 heterocycles. The summed E-state index contributed by atoms with van der Waals surface area (Å²) in [5, 5.41) is 8.93. The number of fused-ring (bicyclic) bond motifs is 1. The van der Waals surface area contributed by atoms with Gasteiger partial charge in [0.05, 0.1) is 16.8 Å². The van der Waals surface area contributed by atoms with E-state index in [1.54, 1.807) is 0 Å². The number of rotatable bonds is 6. The van der Waals surface area contributed by atoms with E-state index in [0.717, 1.165) is 58.1 Å². The Kier molecular flexibility index (Phi) is 7.39. The van der Waals surface area contributed by atoms with Crippen LogP contribution in [0.25, 0.3) is 16.7 Å². The van der Waals surface area contributed by atoms with Crippen molar-refractivity contribution in [3.63, 3.8) is 0 Å². The number of para-hydroxylation sites is 1. The second kappa shape index (κ2) is 11.6. The summed E-state index contributed by atoms with van der Waals surface area (Å²) >= 11 is 0. The first-order valence-electron chi connectivity index (χ1n) is 13.8. The van der Waals surface area contributed by atoms with Gasteiger partial charge in [-0.15, -0.1) is 0 Å². The largest absolute Gasteiger partial charge is 0.354 e. The molecule has 0 atom stereocenters. The van der Waals surface area contributed by atoms with Crippen molar-refractivity contribution >= 4 is 22.9 Å². The standard InChI is InChI=1S/C32H33N7O/c1-24-29-30(37-18-11-19-38(21-20-37)32(40)33-23-26-14-7-3-8-15-26)34-28(22-25-12-5-2-6-13-25)35-31(29)39(36-24)27-16-9-4-10-17-27/h2-10,12-17H,11,18-23H2,1H3,(H,33,40). The van der Waals surface area contributed by atoms with Gasteiger partial charge in [0, 0.05) is 39.1 Å².